The van der Waals surface area contributed by atoms with Crippen LogP contribution in [0.3, 0.4) is 0 Å². The van der Waals surface area contributed by atoms with E-state index >= 15 is 0 Å². The number of rotatable bonds is 8. The van der Waals surface area contributed by atoms with Crippen LogP contribution in [-0.2, 0) is 14.3 Å². The van der Waals surface area contributed by atoms with Gasteiger partial charge < -0.3 is 10.1 Å². The highest BCUT2D eigenvalue weighted by atomic mass is 16.5. The first-order valence-corrected chi connectivity index (χ1v) is 12.5. The van der Waals surface area contributed by atoms with Gasteiger partial charge in [-0.05, 0) is 43.0 Å². The first-order valence-electron chi connectivity index (χ1n) is 12.5. The van der Waals surface area contributed by atoms with E-state index < -0.39 is 5.92 Å². The van der Waals surface area contributed by atoms with Gasteiger partial charge in [-0.15, -0.1) is 0 Å². The third-order valence-corrected chi connectivity index (χ3v) is 6.78. The number of ketones is 1. The van der Waals surface area contributed by atoms with Gasteiger partial charge in [-0.1, -0.05) is 67.5 Å². The van der Waals surface area contributed by atoms with E-state index in [1.807, 2.05) is 49.4 Å². The number of hydrogen-bond donors (Lipinski definition) is 1. The molecule has 4 rings (SSSR count). The zero-order valence-corrected chi connectivity index (χ0v) is 20.8. The molecule has 0 radical (unpaired) electrons. The molecule has 1 aromatic carbocycles. The average Bonchev–Trinajstić information content (AvgIpc) is 3.08. The van der Waals surface area contributed by atoms with Crippen LogP contribution in [-0.4, -0.2) is 29.3 Å². The molecule has 1 amide bonds. The highest BCUT2D eigenvalue weighted by Gasteiger charge is 2.29. The highest BCUT2D eigenvalue weighted by Crippen LogP contribution is 2.31. The normalized spacial score (nSPS) is 19.2. The summed E-state index contributed by atoms with van der Waals surface area (Å²) in [6, 6.07) is 11.0. The maximum absolute atomic E-state index is 13.0. The van der Waals surface area contributed by atoms with Gasteiger partial charge in [0.25, 0.3) is 0 Å². The lowest BCUT2D eigenvalue weighted by atomic mass is 9.86. The van der Waals surface area contributed by atoms with E-state index in [4.69, 9.17) is 4.74 Å². The Morgan fingerprint density at radius 3 is 2.58 bits per heavy atom. The number of Topliss-reactive ketones (excluding diaryl/α,β-unsaturated/α-hetero) is 1. The molecule has 0 saturated heterocycles. The molecule has 2 aromatic rings. The lowest BCUT2D eigenvalue weighted by Crippen LogP contribution is -2.26. The lowest BCUT2D eigenvalue weighted by Gasteiger charge is -2.24. The summed E-state index contributed by atoms with van der Waals surface area (Å²) in [7, 11) is 0. The summed E-state index contributed by atoms with van der Waals surface area (Å²) in [5, 5.41) is 2.81. The Bertz CT molecular complexity index is 1210. The number of carbonyl (C=O) groups is 3. The predicted octanol–water partition coefficient (Wildman–Crippen LogP) is 6.07. The zero-order valence-electron chi connectivity index (χ0n) is 20.8. The van der Waals surface area contributed by atoms with Crippen molar-refractivity contribution in [2.75, 3.05) is 11.9 Å². The fraction of sp³-hybridized carbons (Fsp3) is 0.333. The molecule has 0 saturated carbocycles. The van der Waals surface area contributed by atoms with Gasteiger partial charge in [0.1, 0.15) is 12.4 Å². The molecule has 0 fully saturated rings. The van der Waals surface area contributed by atoms with Crippen LogP contribution >= 0.6 is 0 Å². The van der Waals surface area contributed by atoms with E-state index in [-0.39, 0.29) is 30.0 Å². The van der Waals surface area contributed by atoms with Gasteiger partial charge in [0.2, 0.25) is 5.91 Å². The molecule has 2 atom stereocenters. The smallest absolute Gasteiger partial charge is 0.309 e. The summed E-state index contributed by atoms with van der Waals surface area (Å²) in [6.07, 6.45) is 12.7. The number of cyclic esters (lactones) is 1. The summed E-state index contributed by atoms with van der Waals surface area (Å²) < 4.78 is 5.54. The number of unbranched alkanes of at least 4 members (excludes halogenated alkanes) is 1. The molecular formula is C30H32N2O4. The Balaban J connectivity index is 1.40. The van der Waals surface area contributed by atoms with Crippen molar-refractivity contribution in [3.63, 3.8) is 0 Å². The van der Waals surface area contributed by atoms with Gasteiger partial charge in [-0.25, -0.2) is 4.98 Å². The number of aromatic nitrogens is 1. The van der Waals surface area contributed by atoms with Crippen molar-refractivity contribution in [2.45, 2.75) is 46.0 Å². The van der Waals surface area contributed by atoms with Gasteiger partial charge in [-0.2, -0.15) is 0 Å². The molecule has 1 aromatic heterocycles. The Morgan fingerprint density at radius 1 is 1.08 bits per heavy atom. The number of pyridine rings is 1. The average molecular weight is 485 g/mol. The number of allylic oxidation sites excluding steroid dienone is 4. The van der Waals surface area contributed by atoms with Crippen LogP contribution in [0, 0.1) is 11.8 Å². The number of amides is 1. The third kappa shape index (κ3) is 6.25. The molecule has 2 aliphatic rings. The van der Waals surface area contributed by atoms with Gasteiger partial charge in [0.05, 0.1) is 5.92 Å². The van der Waals surface area contributed by atoms with Crippen LogP contribution in [0.5, 0.6) is 0 Å². The molecule has 1 aliphatic carbocycles. The largest absolute Gasteiger partial charge is 0.464 e. The topological polar surface area (TPSA) is 85.4 Å². The molecule has 2 heterocycles. The number of carbonyl (C=O) groups excluding carboxylic acids is 3. The van der Waals surface area contributed by atoms with Crippen molar-refractivity contribution in [1.82, 2.24) is 4.98 Å². The van der Waals surface area contributed by atoms with Crippen LogP contribution < -0.4 is 5.32 Å². The number of fused-ring (bicyclic) bond motifs is 1. The maximum atomic E-state index is 13.0. The van der Waals surface area contributed by atoms with E-state index in [9.17, 15) is 14.4 Å². The van der Waals surface area contributed by atoms with Gasteiger partial charge in [-0.3, -0.25) is 14.4 Å². The van der Waals surface area contributed by atoms with Crippen LogP contribution in [0.4, 0.5) is 5.82 Å². The Hall–Kier alpha value is -3.80. The highest BCUT2D eigenvalue weighted by molar-refractivity contribution is 5.98. The number of esters is 1. The molecule has 6 nitrogen and oxygen atoms in total. The van der Waals surface area contributed by atoms with Crippen molar-refractivity contribution in [3.05, 3.63) is 83.6 Å². The van der Waals surface area contributed by atoms with Crippen LogP contribution in [0.2, 0.25) is 0 Å². The van der Waals surface area contributed by atoms with Crippen LogP contribution in [0.1, 0.15) is 56.3 Å². The van der Waals surface area contributed by atoms with E-state index in [1.54, 1.807) is 24.4 Å². The van der Waals surface area contributed by atoms with Crippen molar-refractivity contribution in [1.29, 1.82) is 0 Å². The third-order valence-electron chi connectivity index (χ3n) is 6.78. The number of nitrogens with one attached hydrogen (secondary N) is 1. The molecular weight excluding hydrogens is 452 g/mol. The molecule has 186 valence electrons. The summed E-state index contributed by atoms with van der Waals surface area (Å²) in [5.74, 6) is -0.330. The molecule has 36 heavy (non-hydrogen) atoms. The quantitative estimate of drug-likeness (QED) is 0.363. The van der Waals surface area contributed by atoms with Gasteiger partial charge in [0.15, 0.2) is 5.78 Å². The number of anilines is 1. The number of hydrogen-bond acceptors (Lipinski definition) is 5. The molecule has 1 aliphatic heterocycles. The minimum atomic E-state index is -0.505. The second-order valence-electron chi connectivity index (χ2n) is 9.38. The first kappa shape index (κ1) is 25.3. The molecule has 1 N–H and O–H groups in total. The molecule has 6 heteroatoms. The Kier molecular flexibility index (Phi) is 8.26. The Morgan fingerprint density at radius 2 is 1.86 bits per heavy atom. The summed E-state index contributed by atoms with van der Waals surface area (Å²) >= 11 is 0. The number of benzene rings is 1. The van der Waals surface area contributed by atoms with Crippen molar-refractivity contribution < 1.29 is 19.1 Å². The first-order chi connectivity index (χ1) is 17.4. The van der Waals surface area contributed by atoms with E-state index in [0.29, 0.717) is 30.8 Å². The second kappa shape index (κ2) is 11.8. The molecule has 2 bridgehead atoms. The summed E-state index contributed by atoms with van der Waals surface area (Å²) in [6.45, 7) is 4.42. The second-order valence-corrected chi connectivity index (χ2v) is 9.38. The Labute approximate surface area is 212 Å². The number of ether oxygens (including phenoxy) is 1. The van der Waals surface area contributed by atoms with Crippen molar-refractivity contribution in [2.24, 2.45) is 11.8 Å². The lowest BCUT2D eigenvalue weighted by molar-refractivity contribution is -0.149. The van der Waals surface area contributed by atoms with Gasteiger partial charge >= 0.3 is 5.97 Å². The fourth-order valence-corrected chi connectivity index (χ4v) is 4.46. The standard InChI is InChI=1S/C30H32N2O4/c1-3-4-9-29(34)32-28-15-14-24(18-31-28)21-10-12-22(13-11-21)27(33)17-26-16-23-7-5-6-8-25(20(23)2)19-36-30(26)35/h5-8,10-15,18,25-26H,3-4,9,16-17,19H2,1-2H3,(H,31,32,34). The molecule has 2 unspecified atom stereocenters. The zero-order chi connectivity index (χ0) is 25.5. The van der Waals surface area contributed by atoms with Crippen molar-refractivity contribution >= 4 is 23.5 Å². The van der Waals surface area contributed by atoms with E-state index in [2.05, 4.69) is 17.2 Å². The number of nitrogens with zero attached hydrogens (tertiary/aromatic N) is 1. The predicted molar refractivity (Wildman–Crippen MR) is 140 cm³/mol. The summed E-state index contributed by atoms with van der Waals surface area (Å²) in [4.78, 5) is 42.0. The van der Waals surface area contributed by atoms with Gasteiger partial charge in [0, 0.05) is 36.1 Å². The van der Waals surface area contributed by atoms with E-state index in [1.165, 1.54) is 5.57 Å². The van der Waals surface area contributed by atoms with Crippen LogP contribution in [0.15, 0.2) is 78.0 Å². The van der Waals surface area contributed by atoms with Crippen molar-refractivity contribution in [3.8, 4) is 11.1 Å². The minimum Gasteiger partial charge on any atom is -0.464 e. The van der Waals surface area contributed by atoms with Crippen LogP contribution in [0.25, 0.3) is 11.1 Å². The van der Waals surface area contributed by atoms with E-state index in [0.717, 1.165) is 29.5 Å². The monoisotopic (exact) mass is 484 g/mol. The minimum absolute atomic E-state index is 0.0360. The maximum Gasteiger partial charge on any atom is 0.309 e. The molecule has 0 spiro atoms. The summed E-state index contributed by atoms with van der Waals surface area (Å²) in [5.41, 5.74) is 4.65. The SMILES string of the molecule is CCCCC(=O)Nc1ccc(-c2ccc(C(=O)CC3CC4=C(C)C(C=CC=C4)COC3=O)cc2)cn1. The fourth-order valence-electron chi connectivity index (χ4n) is 4.46.